The molecule has 0 radical (unpaired) electrons. The van der Waals surface area contributed by atoms with Crippen LogP contribution in [0.4, 0.5) is 0 Å². The number of ether oxygens (including phenoxy) is 2. The van der Waals surface area contributed by atoms with Crippen LogP contribution in [0.1, 0.15) is 44.3 Å². The molecule has 6 nitrogen and oxygen atoms in total. The van der Waals surface area contributed by atoms with E-state index in [0.717, 1.165) is 37.0 Å². The van der Waals surface area contributed by atoms with Crippen LogP contribution in [-0.2, 0) is 0 Å². The fourth-order valence-electron chi connectivity index (χ4n) is 2.59. The maximum Gasteiger partial charge on any atom is 0.336 e. The summed E-state index contributed by atoms with van der Waals surface area (Å²) in [4.78, 5) is 17.2. The molecule has 1 aromatic carbocycles. The summed E-state index contributed by atoms with van der Waals surface area (Å²) in [5.41, 5.74) is 0.797. The lowest BCUT2D eigenvalue weighted by molar-refractivity contribution is 0.0804. The molecule has 0 aliphatic heterocycles. The van der Waals surface area contributed by atoms with E-state index in [9.17, 15) is 4.79 Å². The van der Waals surface area contributed by atoms with Crippen LogP contribution in [0.5, 0.6) is 11.8 Å². The minimum absolute atomic E-state index is 0.0347. The topological polar surface area (TPSA) is 66.2 Å². The van der Waals surface area contributed by atoms with Gasteiger partial charge in [-0.15, -0.1) is 5.10 Å². The van der Waals surface area contributed by atoms with Gasteiger partial charge in [-0.2, -0.15) is 9.67 Å². The second-order valence-electron chi connectivity index (χ2n) is 5.65. The summed E-state index contributed by atoms with van der Waals surface area (Å²) in [6, 6.07) is 7.58. The maximum absolute atomic E-state index is 12.9. The first-order valence-corrected chi connectivity index (χ1v) is 8.34. The molecule has 0 amide bonds. The molecule has 0 fully saturated rings. The molecule has 2 rings (SSSR count). The van der Waals surface area contributed by atoms with Crippen LogP contribution in [0, 0.1) is 5.92 Å². The van der Waals surface area contributed by atoms with E-state index in [1.54, 1.807) is 7.11 Å². The molecule has 0 aliphatic carbocycles. The molecule has 1 unspecified atom stereocenters. The predicted molar refractivity (Wildman–Crippen MR) is 92.5 cm³/mol. The molecule has 0 N–H and O–H groups in total. The Balaban J connectivity index is 2.37. The highest BCUT2D eigenvalue weighted by Gasteiger charge is 2.24. The van der Waals surface area contributed by atoms with E-state index in [4.69, 9.17) is 9.47 Å². The van der Waals surface area contributed by atoms with E-state index in [2.05, 4.69) is 17.0 Å². The summed E-state index contributed by atoms with van der Waals surface area (Å²) in [5.74, 6) is 1.15. The van der Waals surface area contributed by atoms with Gasteiger partial charge in [0.15, 0.2) is 5.82 Å². The first kappa shape index (κ1) is 18.0. The summed E-state index contributed by atoms with van der Waals surface area (Å²) < 4.78 is 11.7. The SMILES string of the molecule is CCCCC(CC)C(=O)n1nc(OC)nc1-c1ccc(OC)cc1. The number of unbranched alkanes of at least 4 members (excludes halogenated alkanes) is 1. The van der Waals surface area contributed by atoms with Gasteiger partial charge in [0.05, 0.1) is 14.2 Å². The van der Waals surface area contributed by atoms with E-state index in [1.807, 2.05) is 31.2 Å². The van der Waals surface area contributed by atoms with E-state index in [1.165, 1.54) is 11.8 Å². The molecule has 130 valence electrons. The quantitative estimate of drug-likeness (QED) is 0.735. The molecule has 0 bridgehead atoms. The Labute approximate surface area is 142 Å². The van der Waals surface area contributed by atoms with Gasteiger partial charge < -0.3 is 9.47 Å². The van der Waals surface area contributed by atoms with Crippen LogP contribution >= 0.6 is 0 Å². The van der Waals surface area contributed by atoms with Gasteiger partial charge in [0.25, 0.3) is 5.91 Å². The van der Waals surface area contributed by atoms with Crippen LogP contribution < -0.4 is 9.47 Å². The van der Waals surface area contributed by atoms with Crippen LogP contribution in [0.15, 0.2) is 24.3 Å². The zero-order valence-corrected chi connectivity index (χ0v) is 14.8. The van der Waals surface area contributed by atoms with Crippen molar-refractivity contribution in [3.05, 3.63) is 24.3 Å². The number of nitrogens with zero attached hydrogens (tertiary/aromatic N) is 3. The predicted octanol–water partition coefficient (Wildman–Crippen LogP) is 3.82. The van der Waals surface area contributed by atoms with Crippen molar-refractivity contribution in [3.8, 4) is 23.1 Å². The minimum Gasteiger partial charge on any atom is -0.497 e. The largest absolute Gasteiger partial charge is 0.497 e. The third kappa shape index (κ3) is 3.93. The summed E-state index contributed by atoms with van der Waals surface area (Å²) in [5, 5.41) is 4.23. The fourth-order valence-corrected chi connectivity index (χ4v) is 2.59. The first-order valence-electron chi connectivity index (χ1n) is 8.34. The lowest BCUT2D eigenvalue weighted by atomic mass is 9.98. The van der Waals surface area contributed by atoms with E-state index < -0.39 is 0 Å². The highest BCUT2D eigenvalue weighted by atomic mass is 16.5. The van der Waals surface area contributed by atoms with Gasteiger partial charge >= 0.3 is 6.01 Å². The van der Waals surface area contributed by atoms with Crippen molar-refractivity contribution < 1.29 is 14.3 Å². The Bertz CT molecular complexity index is 665. The number of rotatable bonds is 8. The number of benzene rings is 1. The zero-order chi connectivity index (χ0) is 17.5. The lowest BCUT2D eigenvalue weighted by Crippen LogP contribution is -2.23. The molecule has 24 heavy (non-hydrogen) atoms. The number of methoxy groups -OCH3 is 2. The molecule has 0 aliphatic rings. The van der Waals surface area contributed by atoms with Gasteiger partial charge in [0.1, 0.15) is 5.75 Å². The van der Waals surface area contributed by atoms with Crippen molar-refractivity contribution in [1.29, 1.82) is 0 Å². The number of hydrogen-bond acceptors (Lipinski definition) is 5. The fraction of sp³-hybridized carbons (Fsp3) is 0.500. The van der Waals surface area contributed by atoms with Gasteiger partial charge in [-0.3, -0.25) is 4.79 Å². The number of carbonyl (C=O) groups excluding carboxylic acids is 1. The molecule has 1 aromatic heterocycles. The maximum atomic E-state index is 12.9. The Morgan fingerprint density at radius 3 is 2.42 bits per heavy atom. The average molecular weight is 331 g/mol. The van der Waals surface area contributed by atoms with Crippen LogP contribution in [0.3, 0.4) is 0 Å². The van der Waals surface area contributed by atoms with Gasteiger partial charge in [-0.05, 0) is 37.1 Å². The molecule has 6 heteroatoms. The number of carbonyl (C=O) groups is 1. The monoisotopic (exact) mass is 331 g/mol. The van der Waals surface area contributed by atoms with Crippen LogP contribution in [-0.4, -0.2) is 34.9 Å². The van der Waals surface area contributed by atoms with Gasteiger partial charge in [0, 0.05) is 11.5 Å². The van der Waals surface area contributed by atoms with Crippen molar-refractivity contribution in [1.82, 2.24) is 14.8 Å². The summed E-state index contributed by atoms with van der Waals surface area (Å²) in [6.07, 6.45) is 3.73. The van der Waals surface area contributed by atoms with E-state index in [0.29, 0.717) is 5.82 Å². The van der Waals surface area contributed by atoms with Gasteiger partial charge in [0.2, 0.25) is 0 Å². The van der Waals surface area contributed by atoms with Gasteiger partial charge in [-0.1, -0.05) is 26.7 Å². The second-order valence-corrected chi connectivity index (χ2v) is 5.65. The van der Waals surface area contributed by atoms with Crippen molar-refractivity contribution >= 4 is 5.91 Å². The van der Waals surface area contributed by atoms with Crippen LogP contribution in [0.25, 0.3) is 11.4 Å². The summed E-state index contributed by atoms with van der Waals surface area (Å²) in [6.45, 7) is 4.15. The van der Waals surface area contributed by atoms with Gasteiger partial charge in [-0.25, -0.2) is 0 Å². The molecule has 2 aromatic rings. The third-order valence-corrected chi connectivity index (χ3v) is 4.08. The third-order valence-electron chi connectivity index (χ3n) is 4.08. The standard InChI is InChI=1S/C18H25N3O3/c1-5-7-8-13(6-2)17(22)21-16(19-18(20-21)24-4)14-9-11-15(23-3)12-10-14/h9-13H,5-8H2,1-4H3. The van der Waals surface area contributed by atoms with Crippen molar-refractivity contribution in [3.63, 3.8) is 0 Å². The van der Waals surface area contributed by atoms with Crippen molar-refractivity contribution in [2.75, 3.05) is 14.2 Å². The average Bonchev–Trinajstić information content (AvgIpc) is 3.06. The summed E-state index contributed by atoms with van der Waals surface area (Å²) in [7, 11) is 3.11. The van der Waals surface area contributed by atoms with Crippen molar-refractivity contribution in [2.45, 2.75) is 39.5 Å². The second kappa shape index (κ2) is 8.47. The van der Waals surface area contributed by atoms with E-state index >= 15 is 0 Å². The first-order chi connectivity index (χ1) is 11.6. The highest BCUT2D eigenvalue weighted by molar-refractivity contribution is 5.84. The zero-order valence-electron chi connectivity index (χ0n) is 14.8. The Kier molecular flexibility index (Phi) is 6.35. The van der Waals surface area contributed by atoms with Crippen LogP contribution in [0.2, 0.25) is 0 Å². The normalized spacial score (nSPS) is 12.0. The molecule has 0 saturated carbocycles. The molecule has 1 heterocycles. The molecule has 1 atom stereocenters. The van der Waals surface area contributed by atoms with E-state index in [-0.39, 0.29) is 17.8 Å². The number of aromatic nitrogens is 3. The smallest absolute Gasteiger partial charge is 0.336 e. The Morgan fingerprint density at radius 1 is 1.17 bits per heavy atom. The van der Waals surface area contributed by atoms with Crippen molar-refractivity contribution in [2.24, 2.45) is 5.92 Å². The Hall–Kier alpha value is -2.37. The molecule has 0 spiro atoms. The summed E-state index contributed by atoms with van der Waals surface area (Å²) >= 11 is 0. The molecular weight excluding hydrogens is 306 g/mol. The molecule has 0 saturated heterocycles. The molecular formula is C18H25N3O3. The lowest BCUT2D eigenvalue weighted by Gasteiger charge is -2.14. The minimum atomic E-state index is -0.0617. The Morgan fingerprint density at radius 2 is 1.88 bits per heavy atom. The highest BCUT2D eigenvalue weighted by Crippen LogP contribution is 2.25. The number of hydrogen-bond donors (Lipinski definition) is 0.